The van der Waals surface area contributed by atoms with Gasteiger partial charge in [0.2, 0.25) is 0 Å². The molecule has 10 rings (SSSR count). The van der Waals surface area contributed by atoms with E-state index < -0.39 is 0 Å². The summed E-state index contributed by atoms with van der Waals surface area (Å²) >= 11 is 0. The average Bonchev–Trinajstić information content (AvgIpc) is 3.69. The van der Waals surface area contributed by atoms with E-state index in [4.69, 9.17) is 8.83 Å². The summed E-state index contributed by atoms with van der Waals surface area (Å²) in [5, 5.41) is 9.25. The summed E-state index contributed by atoms with van der Waals surface area (Å²) in [5.74, 6) is 0. The van der Waals surface area contributed by atoms with Crippen LogP contribution in [0.25, 0.3) is 98.8 Å². The van der Waals surface area contributed by atoms with E-state index in [0.717, 1.165) is 66.0 Å². The molecule has 0 aliphatic rings. The van der Waals surface area contributed by atoms with Crippen molar-refractivity contribution in [1.82, 2.24) is 0 Å². The summed E-state index contributed by atoms with van der Waals surface area (Å²) in [6.07, 6.45) is 0. The van der Waals surface area contributed by atoms with Crippen LogP contribution in [-0.4, -0.2) is 0 Å². The Hall–Kier alpha value is -6.12. The molecule has 214 valence electrons. The number of para-hydroxylation sites is 1. The molecule has 0 aliphatic heterocycles. The van der Waals surface area contributed by atoms with Crippen LogP contribution in [0.1, 0.15) is 0 Å². The zero-order chi connectivity index (χ0) is 30.2. The van der Waals surface area contributed by atoms with Crippen molar-refractivity contribution >= 4 is 65.4 Å². The quantitative estimate of drug-likeness (QED) is 0.206. The second kappa shape index (κ2) is 9.69. The third kappa shape index (κ3) is 3.65. The second-order valence-electron chi connectivity index (χ2n) is 12.0. The number of furan rings is 2. The molecule has 2 heterocycles. The van der Waals surface area contributed by atoms with Crippen molar-refractivity contribution in [2.45, 2.75) is 0 Å². The lowest BCUT2D eigenvalue weighted by molar-refractivity contribution is 0.669. The average molecular weight is 587 g/mol. The molecule has 8 aromatic carbocycles. The molecule has 0 N–H and O–H groups in total. The van der Waals surface area contributed by atoms with Crippen LogP contribution < -0.4 is 0 Å². The first kappa shape index (κ1) is 25.2. The van der Waals surface area contributed by atoms with Crippen molar-refractivity contribution in [3.63, 3.8) is 0 Å². The third-order valence-corrected chi connectivity index (χ3v) is 9.45. The van der Waals surface area contributed by atoms with Gasteiger partial charge in [-0.1, -0.05) is 127 Å². The van der Waals surface area contributed by atoms with Gasteiger partial charge in [0.1, 0.15) is 22.3 Å². The first-order valence-corrected chi connectivity index (χ1v) is 15.7. The van der Waals surface area contributed by atoms with Gasteiger partial charge in [0.25, 0.3) is 0 Å². The number of benzene rings is 8. The molecule has 0 unspecified atom stereocenters. The maximum Gasteiger partial charge on any atom is 0.144 e. The van der Waals surface area contributed by atoms with Crippen molar-refractivity contribution in [2.24, 2.45) is 0 Å². The van der Waals surface area contributed by atoms with Gasteiger partial charge in [0.15, 0.2) is 0 Å². The molecular weight excluding hydrogens is 560 g/mol. The first-order chi connectivity index (χ1) is 22.8. The highest BCUT2D eigenvalue weighted by Crippen LogP contribution is 2.50. The fourth-order valence-corrected chi connectivity index (χ4v) is 7.40. The normalized spacial score (nSPS) is 11.9. The van der Waals surface area contributed by atoms with E-state index in [2.05, 4.69) is 152 Å². The lowest BCUT2D eigenvalue weighted by Crippen LogP contribution is -1.90. The van der Waals surface area contributed by atoms with Gasteiger partial charge in [-0.2, -0.15) is 0 Å². The van der Waals surface area contributed by atoms with E-state index in [1.54, 1.807) is 0 Å². The predicted molar refractivity (Wildman–Crippen MR) is 192 cm³/mol. The van der Waals surface area contributed by atoms with Crippen LogP contribution in [0.5, 0.6) is 0 Å². The highest BCUT2D eigenvalue weighted by Gasteiger charge is 2.24. The monoisotopic (exact) mass is 586 g/mol. The molecule has 0 saturated heterocycles. The smallest absolute Gasteiger partial charge is 0.144 e. The van der Waals surface area contributed by atoms with E-state index in [-0.39, 0.29) is 0 Å². The van der Waals surface area contributed by atoms with Gasteiger partial charge in [0.05, 0.1) is 0 Å². The van der Waals surface area contributed by atoms with Crippen molar-refractivity contribution in [3.8, 4) is 33.4 Å². The van der Waals surface area contributed by atoms with E-state index >= 15 is 0 Å². The van der Waals surface area contributed by atoms with Gasteiger partial charge >= 0.3 is 0 Å². The molecule has 2 nitrogen and oxygen atoms in total. The zero-order valence-electron chi connectivity index (χ0n) is 24.8. The molecule has 0 aliphatic carbocycles. The van der Waals surface area contributed by atoms with Gasteiger partial charge in [-0.05, 0) is 74.1 Å². The Morgan fingerprint density at radius 1 is 0.326 bits per heavy atom. The van der Waals surface area contributed by atoms with Crippen LogP contribution in [0.15, 0.2) is 167 Å². The van der Waals surface area contributed by atoms with Crippen LogP contribution in [0.3, 0.4) is 0 Å². The molecule has 2 heteroatoms. The molecule has 0 amide bonds. The fourth-order valence-electron chi connectivity index (χ4n) is 7.40. The highest BCUT2D eigenvalue weighted by molar-refractivity contribution is 6.29. The number of fused-ring (bicyclic) bond motifs is 8. The van der Waals surface area contributed by atoms with Crippen LogP contribution in [0.2, 0.25) is 0 Å². The van der Waals surface area contributed by atoms with Crippen LogP contribution in [-0.2, 0) is 0 Å². The third-order valence-electron chi connectivity index (χ3n) is 9.45. The van der Waals surface area contributed by atoms with Gasteiger partial charge in [0, 0.05) is 32.7 Å². The summed E-state index contributed by atoms with van der Waals surface area (Å²) in [4.78, 5) is 0. The lowest BCUT2D eigenvalue weighted by atomic mass is 9.86. The summed E-state index contributed by atoms with van der Waals surface area (Å²) in [7, 11) is 0. The molecule has 46 heavy (non-hydrogen) atoms. The summed E-state index contributed by atoms with van der Waals surface area (Å²) < 4.78 is 13.4. The summed E-state index contributed by atoms with van der Waals surface area (Å²) in [5.41, 5.74) is 10.4. The maximum atomic E-state index is 6.88. The minimum Gasteiger partial charge on any atom is -0.456 e. The second-order valence-corrected chi connectivity index (χ2v) is 12.0. The number of hydrogen-bond donors (Lipinski definition) is 0. The van der Waals surface area contributed by atoms with Crippen LogP contribution >= 0.6 is 0 Å². The minimum atomic E-state index is 0.865. The summed E-state index contributed by atoms with van der Waals surface area (Å²) in [6.45, 7) is 0. The fraction of sp³-hybridized carbons (Fsp3) is 0. The predicted octanol–water partition coefficient (Wildman–Crippen LogP) is 12.8. The summed E-state index contributed by atoms with van der Waals surface area (Å²) in [6, 6.07) is 55.9. The topological polar surface area (TPSA) is 26.3 Å². The Bertz CT molecular complexity index is 2800. The molecule has 0 bridgehead atoms. The Morgan fingerprint density at radius 3 is 1.87 bits per heavy atom. The van der Waals surface area contributed by atoms with Crippen molar-refractivity contribution in [1.29, 1.82) is 0 Å². The van der Waals surface area contributed by atoms with E-state index in [1.165, 1.54) is 32.8 Å². The van der Waals surface area contributed by atoms with E-state index in [1.807, 2.05) is 6.07 Å². The Labute approximate surface area is 264 Å². The Kier molecular flexibility index (Phi) is 5.31. The highest BCUT2D eigenvalue weighted by atomic mass is 16.3. The van der Waals surface area contributed by atoms with Crippen molar-refractivity contribution in [2.75, 3.05) is 0 Å². The molecule has 10 aromatic rings. The van der Waals surface area contributed by atoms with Gasteiger partial charge < -0.3 is 8.83 Å². The molecule has 0 saturated carbocycles. The molecule has 0 atom stereocenters. The van der Waals surface area contributed by atoms with Gasteiger partial charge in [-0.15, -0.1) is 0 Å². The zero-order valence-corrected chi connectivity index (χ0v) is 24.8. The Balaban J connectivity index is 1.33. The SMILES string of the molecule is c1ccc(-c2ccc3c(c2)oc2cccc(-c4c5ccccc5c(-c5ccc6ccccc6c5)c5c4oc4ccccc45)c23)cc1. The van der Waals surface area contributed by atoms with E-state index in [9.17, 15) is 0 Å². The van der Waals surface area contributed by atoms with E-state index in [0.29, 0.717) is 0 Å². The maximum absolute atomic E-state index is 6.88. The molecule has 0 radical (unpaired) electrons. The van der Waals surface area contributed by atoms with Crippen LogP contribution in [0.4, 0.5) is 0 Å². The molecular formula is C44H26O2. The molecule has 0 spiro atoms. The lowest BCUT2D eigenvalue weighted by Gasteiger charge is -2.15. The molecule has 0 fully saturated rings. The standard InChI is InChI=1S/C44H26O2/c1-2-11-27(12-3-1)30-23-24-35-39(26-30)45-38-20-10-18-36(41(35)38)42-33-16-7-6-15-32(33)40(31-22-21-28-13-4-5-14-29(28)25-31)43-34-17-8-9-19-37(34)46-44(42)43/h1-26H. The van der Waals surface area contributed by atoms with Gasteiger partial charge in [-0.25, -0.2) is 0 Å². The van der Waals surface area contributed by atoms with Gasteiger partial charge in [-0.3, -0.25) is 0 Å². The number of rotatable bonds is 3. The minimum absolute atomic E-state index is 0.865. The van der Waals surface area contributed by atoms with Crippen molar-refractivity contribution < 1.29 is 8.83 Å². The molecule has 2 aromatic heterocycles. The van der Waals surface area contributed by atoms with Crippen molar-refractivity contribution in [3.05, 3.63) is 158 Å². The van der Waals surface area contributed by atoms with Crippen LogP contribution in [0, 0.1) is 0 Å². The largest absolute Gasteiger partial charge is 0.456 e. The number of hydrogen-bond acceptors (Lipinski definition) is 2. The Morgan fingerprint density at radius 2 is 1.00 bits per heavy atom. The first-order valence-electron chi connectivity index (χ1n) is 15.7.